The van der Waals surface area contributed by atoms with Gasteiger partial charge < -0.3 is 11.1 Å². The number of sulfonamides is 1. The Kier molecular flexibility index (Phi) is 3.27. The van der Waals surface area contributed by atoms with Gasteiger partial charge in [0, 0.05) is 27.8 Å². The summed E-state index contributed by atoms with van der Waals surface area (Å²) in [6.07, 6.45) is 5.63. The Morgan fingerprint density at radius 1 is 1.34 bits per heavy atom. The maximum atomic E-state index is 13.1. The molecule has 2 aromatic heterocycles. The summed E-state index contributed by atoms with van der Waals surface area (Å²) in [7, 11) is -3.89. The number of aryl methyl sites for hydroxylation is 1. The monoisotopic (exact) mass is 415 g/mol. The van der Waals surface area contributed by atoms with E-state index in [1.165, 1.54) is 36.8 Å². The predicted octanol–water partition coefficient (Wildman–Crippen LogP) is 0.398. The van der Waals surface area contributed by atoms with Gasteiger partial charge >= 0.3 is 0 Å². The molecule has 10 nitrogen and oxygen atoms in total. The van der Waals surface area contributed by atoms with Crippen LogP contribution in [0, 0.1) is 6.85 Å². The summed E-state index contributed by atoms with van der Waals surface area (Å²) in [5.41, 5.74) is 5.60. The van der Waals surface area contributed by atoms with Gasteiger partial charge in [0.2, 0.25) is 15.8 Å². The predicted molar refractivity (Wildman–Crippen MR) is 106 cm³/mol. The molecule has 0 unspecified atom stereocenters. The zero-order valence-electron chi connectivity index (χ0n) is 18.2. The fourth-order valence-electron chi connectivity index (χ4n) is 3.87. The van der Waals surface area contributed by atoms with Crippen molar-refractivity contribution in [3.63, 3.8) is 0 Å². The van der Waals surface area contributed by atoms with Crippen molar-refractivity contribution in [1.82, 2.24) is 35.0 Å². The molecule has 3 fully saturated rings. The maximum absolute atomic E-state index is 13.1. The van der Waals surface area contributed by atoms with Crippen LogP contribution in [0.25, 0.3) is 17.1 Å². The highest BCUT2D eigenvalue weighted by molar-refractivity contribution is 7.89. The second-order valence-electron chi connectivity index (χ2n) is 7.36. The van der Waals surface area contributed by atoms with Gasteiger partial charge in [-0.05, 0) is 37.4 Å². The van der Waals surface area contributed by atoms with Crippen LogP contribution >= 0.6 is 0 Å². The van der Waals surface area contributed by atoms with Crippen molar-refractivity contribution in [3.8, 4) is 17.1 Å². The summed E-state index contributed by atoms with van der Waals surface area (Å²) >= 11 is 0. The fraction of sp³-hybridized carbons (Fsp3) is 0.333. The van der Waals surface area contributed by atoms with Crippen LogP contribution in [-0.2, 0) is 10.0 Å². The molecule has 2 saturated heterocycles. The summed E-state index contributed by atoms with van der Waals surface area (Å²) in [5, 5.41) is 11.2. The Balaban J connectivity index is 1.60. The van der Waals surface area contributed by atoms with Gasteiger partial charge in [0.25, 0.3) is 0 Å². The smallest absolute Gasteiger partial charge is 0.241 e. The molecule has 2 aliphatic heterocycles. The Hall–Kier alpha value is -2.89. The third kappa shape index (κ3) is 3.07. The highest BCUT2D eigenvalue weighted by Crippen LogP contribution is 2.39. The number of anilines is 1. The third-order valence-electron chi connectivity index (χ3n) is 5.32. The number of nitrogens with two attached hydrogens (primary N) is 1. The molecule has 150 valence electrons. The van der Waals surface area contributed by atoms with E-state index < -0.39 is 22.4 Å². The summed E-state index contributed by atoms with van der Waals surface area (Å²) < 4.78 is 52.7. The average Bonchev–Trinajstić information content (AvgIpc) is 3.44. The van der Waals surface area contributed by atoms with Crippen molar-refractivity contribution in [2.24, 2.45) is 0 Å². The van der Waals surface area contributed by atoms with E-state index in [0.717, 1.165) is 17.6 Å². The first-order valence-corrected chi connectivity index (χ1v) is 10.5. The van der Waals surface area contributed by atoms with E-state index in [2.05, 4.69) is 30.2 Å². The van der Waals surface area contributed by atoms with Crippen molar-refractivity contribution in [2.75, 3.05) is 12.3 Å². The van der Waals surface area contributed by atoms with Crippen molar-refractivity contribution >= 4 is 15.8 Å². The van der Waals surface area contributed by atoms with Gasteiger partial charge in [0.05, 0.1) is 29.2 Å². The highest BCUT2D eigenvalue weighted by Gasteiger charge is 2.52. The zero-order chi connectivity index (χ0) is 22.7. The molecular weight excluding hydrogens is 392 g/mol. The number of hydrogen-bond donors (Lipinski definition) is 3. The molecule has 11 heteroatoms. The summed E-state index contributed by atoms with van der Waals surface area (Å²) in [6, 6.07) is 4.23. The third-order valence-corrected chi connectivity index (χ3v) is 6.90. The largest absolute Gasteiger partial charge is 0.380 e. The normalized spacial score (nSPS) is 25.1. The van der Waals surface area contributed by atoms with Gasteiger partial charge in [-0.25, -0.2) is 23.1 Å². The molecule has 0 atom stereocenters. The molecule has 4 N–H and O–H groups in total. The fourth-order valence-corrected chi connectivity index (χ4v) is 5.32. The van der Waals surface area contributed by atoms with Crippen LogP contribution in [-0.4, -0.2) is 51.5 Å². The number of fused-ring (bicyclic) bond motifs is 1. The highest BCUT2D eigenvalue weighted by atomic mass is 32.2. The molecule has 3 aromatic rings. The number of nitrogens with one attached hydrogen (secondary N) is 2. The number of nitrogens with zero attached hydrogens (tertiary/aromatic N) is 5. The van der Waals surface area contributed by atoms with Crippen LogP contribution in [0.2, 0.25) is 0 Å². The topological polar surface area (TPSA) is 141 Å². The standard InChI is InChI=1S/C18H20N8O2S/c1-11-2-3-13(29(27,28)25-18-7-12(8-18)21-10-18)6-14(11)15-9-20-16(19)17(24-15)26-22-4-5-23-26/h2-6,9,12,21,25H,7-8,10H2,1H3,(H2,19,20)/i1D3. The molecular formula is C18H20N8O2S. The molecule has 1 saturated carbocycles. The van der Waals surface area contributed by atoms with Gasteiger partial charge in [0.15, 0.2) is 5.82 Å². The number of nitrogen functional groups attached to an aromatic ring is 1. The molecule has 29 heavy (non-hydrogen) atoms. The van der Waals surface area contributed by atoms with Crippen molar-refractivity contribution in [3.05, 3.63) is 42.4 Å². The van der Waals surface area contributed by atoms with Crippen LogP contribution in [0.15, 0.2) is 41.7 Å². The lowest BCUT2D eigenvalue weighted by atomic mass is 9.79. The number of hydrogen-bond acceptors (Lipinski definition) is 8. The van der Waals surface area contributed by atoms with Crippen LogP contribution in [0.3, 0.4) is 0 Å². The molecule has 3 aliphatic rings. The van der Waals surface area contributed by atoms with Gasteiger partial charge in [-0.1, -0.05) is 6.07 Å². The summed E-state index contributed by atoms with van der Waals surface area (Å²) in [4.78, 5) is 9.57. The van der Waals surface area contributed by atoms with E-state index in [1.54, 1.807) is 0 Å². The zero-order valence-corrected chi connectivity index (χ0v) is 16.0. The minimum Gasteiger partial charge on any atom is -0.380 e. The minimum absolute atomic E-state index is 0.0400. The summed E-state index contributed by atoms with van der Waals surface area (Å²) in [6.45, 7) is -1.94. The van der Waals surface area contributed by atoms with E-state index in [1.807, 2.05) is 0 Å². The lowest BCUT2D eigenvalue weighted by Gasteiger charge is -2.37. The summed E-state index contributed by atoms with van der Waals surface area (Å²) in [5.74, 6) is 0.144. The Morgan fingerprint density at radius 3 is 2.83 bits per heavy atom. The first-order chi connectivity index (χ1) is 15.1. The number of rotatable bonds is 5. The van der Waals surface area contributed by atoms with Crippen molar-refractivity contribution in [2.45, 2.75) is 36.2 Å². The molecule has 0 radical (unpaired) electrons. The molecule has 4 heterocycles. The van der Waals surface area contributed by atoms with Gasteiger partial charge in [0.1, 0.15) is 0 Å². The van der Waals surface area contributed by atoms with Crippen molar-refractivity contribution in [1.29, 1.82) is 0 Å². The van der Waals surface area contributed by atoms with Crippen LogP contribution < -0.4 is 15.8 Å². The van der Waals surface area contributed by atoms with Crippen molar-refractivity contribution < 1.29 is 12.5 Å². The first kappa shape index (κ1) is 15.0. The molecule has 0 amide bonds. The van der Waals surface area contributed by atoms with E-state index >= 15 is 0 Å². The van der Waals surface area contributed by atoms with E-state index in [4.69, 9.17) is 9.85 Å². The second-order valence-corrected chi connectivity index (χ2v) is 9.04. The van der Waals surface area contributed by atoms with Gasteiger partial charge in [-0.3, -0.25) is 0 Å². The molecule has 2 bridgehead atoms. The van der Waals surface area contributed by atoms with Gasteiger partial charge in [-0.15, -0.1) is 4.80 Å². The Labute approximate surface area is 171 Å². The van der Waals surface area contributed by atoms with Gasteiger partial charge in [-0.2, -0.15) is 10.2 Å². The lowest BCUT2D eigenvalue weighted by Crippen LogP contribution is -2.54. The first-order valence-electron chi connectivity index (χ1n) is 10.5. The molecule has 0 spiro atoms. The molecule has 1 aliphatic carbocycles. The molecule has 6 rings (SSSR count). The number of benzene rings is 1. The minimum atomic E-state index is -3.89. The van der Waals surface area contributed by atoms with Crippen LogP contribution in [0.1, 0.15) is 22.5 Å². The molecule has 1 aromatic carbocycles. The Bertz CT molecular complexity index is 1280. The average molecular weight is 415 g/mol. The van der Waals surface area contributed by atoms with E-state index in [0.29, 0.717) is 12.6 Å². The lowest BCUT2D eigenvalue weighted by molar-refractivity contribution is 0.279. The van der Waals surface area contributed by atoms with Crippen LogP contribution in [0.4, 0.5) is 5.82 Å². The van der Waals surface area contributed by atoms with E-state index in [-0.39, 0.29) is 33.4 Å². The maximum Gasteiger partial charge on any atom is 0.241 e. The number of aromatic nitrogens is 5. The van der Waals surface area contributed by atoms with Crippen LogP contribution in [0.5, 0.6) is 0 Å². The second kappa shape index (κ2) is 6.31. The SMILES string of the molecule is [2H]C([2H])([2H])c1ccc(S(=O)(=O)NC23CNC(C2)C3)cc1-c1cnc(N)c(-n2nccn2)n1. The quantitative estimate of drug-likeness (QED) is 0.544. The van der Waals surface area contributed by atoms with E-state index in [9.17, 15) is 8.42 Å². The Morgan fingerprint density at radius 2 is 2.14 bits per heavy atom.